The van der Waals surface area contributed by atoms with Crippen LogP contribution in [-0.2, 0) is 4.43 Å². The average Bonchev–Trinajstić information content (AvgIpc) is 3.11. The Labute approximate surface area is 166 Å². The number of benzene rings is 1. The summed E-state index contributed by atoms with van der Waals surface area (Å²) in [4.78, 5) is 2.59. The molecule has 0 spiro atoms. The van der Waals surface area contributed by atoms with Gasteiger partial charge in [-0.15, -0.1) is 0 Å². The van der Waals surface area contributed by atoms with Gasteiger partial charge in [-0.2, -0.15) is 0 Å². The van der Waals surface area contributed by atoms with E-state index in [1.165, 1.54) is 31.5 Å². The maximum absolute atomic E-state index is 6.97. The number of hydrogen-bond donors (Lipinski definition) is 0. The van der Waals surface area contributed by atoms with Gasteiger partial charge in [0.05, 0.1) is 6.10 Å². The van der Waals surface area contributed by atoms with Gasteiger partial charge >= 0.3 is 0 Å². The second kappa shape index (κ2) is 8.14. The Kier molecular flexibility index (Phi) is 6.23. The van der Waals surface area contributed by atoms with Crippen LogP contribution in [-0.4, -0.2) is 46.1 Å². The smallest absolute Gasteiger partial charge is 0.192 e. The lowest BCUT2D eigenvalue weighted by Gasteiger charge is -2.41. The van der Waals surface area contributed by atoms with Crippen LogP contribution in [0.4, 0.5) is 0 Å². The van der Waals surface area contributed by atoms with Crippen LogP contribution in [0, 0.1) is 5.92 Å². The Morgan fingerprint density at radius 1 is 1.07 bits per heavy atom. The molecule has 3 rings (SSSR count). The monoisotopic (exact) mass is 391 g/mol. The predicted molar refractivity (Wildman–Crippen MR) is 113 cm³/mol. The van der Waals surface area contributed by atoms with E-state index in [-0.39, 0.29) is 11.1 Å². The summed E-state index contributed by atoms with van der Waals surface area (Å²) in [6, 6.07) is 6.37. The Bertz CT molecular complexity index is 635. The van der Waals surface area contributed by atoms with E-state index >= 15 is 0 Å². The number of rotatable bonds is 6. The molecule has 2 atom stereocenters. The van der Waals surface area contributed by atoms with Gasteiger partial charge in [0.25, 0.3) is 0 Å². The number of fused-ring (bicyclic) bond motifs is 1. The Hall–Kier alpha value is -1.04. The molecule has 27 heavy (non-hydrogen) atoms. The molecular weight excluding hydrogens is 354 g/mol. The van der Waals surface area contributed by atoms with Crippen molar-refractivity contribution in [2.45, 2.75) is 64.8 Å². The highest BCUT2D eigenvalue weighted by Crippen LogP contribution is 2.43. The number of nitrogens with zero attached hydrogens (tertiary/aromatic N) is 1. The number of likely N-dealkylation sites (tertiary alicyclic amines) is 1. The van der Waals surface area contributed by atoms with Gasteiger partial charge in [0.15, 0.2) is 19.8 Å². The molecule has 0 bridgehead atoms. The summed E-state index contributed by atoms with van der Waals surface area (Å²) in [5.41, 5.74) is 1.22. The van der Waals surface area contributed by atoms with Gasteiger partial charge in [-0.05, 0) is 67.7 Å². The molecule has 0 aromatic heterocycles. The summed E-state index contributed by atoms with van der Waals surface area (Å²) in [5, 5.41) is 0.187. The van der Waals surface area contributed by atoms with Crippen molar-refractivity contribution in [1.82, 2.24) is 4.90 Å². The summed E-state index contributed by atoms with van der Waals surface area (Å²) in [6.45, 7) is 18.7. The summed E-state index contributed by atoms with van der Waals surface area (Å²) >= 11 is 0. The quantitative estimate of drug-likeness (QED) is 0.620. The Morgan fingerprint density at radius 3 is 2.33 bits per heavy atom. The lowest BCUT2D eigenvalue weighted by atomic mass is 9.96. The third-order valence-corrected chi connectivity index (χ3v) is 10.8. The molecule has 1 unspecified atom stereocenters. The second-order valence-corrected chi connectivity index (χ2v) is 14.4. The van der Waals surface area contributed by atoms with Crippen molar-refractivity contribution in [3.8, 4) is 11.5 Å². The van der Waals surface area contributed by atoms with Crippen LogP contribution in [0.1, 0.15) is 52.2 Å². The topological polar surface area (TPSA) is 30.9 Å². The van der Waals surface area contributed by atoms with Crippen molar-refractivity contribution in [1.29, 1.82) is 0 Å². The molecule has 1 fully saturated rings. The normalized spacial score (nSPS) is 20.5. The second-order valence-electron chi connectivity index (χ2n) is 9.69. The highest BCUT2D eigenvalue weighted by molar-refractivity contribution is 6.74. The zero-order valence-corrected chi connectivity index (χ0v) is 19.0. The minimum absolute atomic E-state index is 0.0855. The van der Waals surface area contributed by atoms with E-state index in [0.29, 0.717) is 19.1 Å². The van der Waals surface area contributed by atoms with Gasteiger partial charge in [-0.1, -0.05) is 33.8 Å². The van der Waals surface area contributed by atoms with E-state index in [2.05, 4.69) is 63.9 Å². The van der Waals surface area contributed by atoms with Gasteiger partial charge in [0, 0.05) is 6.54 Å². The van der Waals surface area contributed by atoms with Crippen LogP contribution >= 0.6 is 0 Å². The summed E-state index contributed by atoms with van der Waals surface area (Å²) < 4.78 is 18.5. The van der Waals surface area contributed by atoms with Crippen LogP contribution in [0.15, 0.2) is 18.2 Å². The molecule has 2 aliphatic rings. The van der Waals surface area contributed by atoms with Crippen LogP contribution in [0.25, 0.3) is 0 Å². The molecule has 1 aromatic rings. The van der Waals surface area contributed by atoms with E-state index in [9.17, 15) is 0 Å². The molecule has 152 valence electrons. The molecule has 0 radical (unpaired) electrons. The number of hydrogen-bond acceptors (Lipinski definition) is 4. The maximum atomic E-state index is 6.97. The zero-order chi connectivity index (χ0) is 19.7. The van der Waals surface area contributed by atoms with Crippen molar-refractivity contribution >= 4 is 8.32 Å². The third-order valence-electron chi connectivity index (χ3n) is 6.38. The molecule has 1 aromatic carbocycles. The van der Waals surface area contributed by atoms with Gasteiger partial charge in [-0.3, -0.25) is 0 Å². The first-order valence-corrected chi connectivity index (χ1v) is 13.4. The first kappa shape index (κ1) is 20.7. The first-order valence-electron chi connectivity index (χ1n) is 10.5. The fourth-order valence-corrected chi connectivity index (χ4v) is 5.07. The van der Waals surface area contributed by atoms with Crippen LogP contribution in [0.3, 0.4) is 0 Å². The maximum Gasteiger partial charge on any atom is 0.192 e. The summed E-state index contributed by atoms with van der Waals surface area (Å²) in [7, 11) is -1.90. The van der Waals surface area contributed by atoms with Crippen molar-refractivity contribution < 1.29 is 13.9 Å². The predicted octanol–water partition coefficient (Wildman–Crippen LogP) is 5.25. The van der Waals surface area contributed by atoms with Gasteiger partial charge in [-0.25, -0.2) is 0 Å². The molecule has 2 aliphatic heterocycles. The van der Waals surface area contributed by atoms with E-state index in [1.54, 1.807) is 0 Å². The van der Waals surface area contributed by atoms with Crippen molar-refractivity contribution in [3.63, 3.8) is 0 Å². The molecule has 0 N–H and O–H groups in total. The van der Waals surface area contributed by atoms with E-state index in [1.807, 2.05) is 0 Å². The molecule has 4 nitrogen and oxygen atoms in total. The largest absolute Gasteiger partial charge is 0.486 e. The van der Waals surface area contributed by atoms with E-state index in [0.717, 1.165) is 18.0 Å². The van der Waals surface area contributed by atoms with E-state index in [4.69, 9.17) is 13.9 Å². The highest BCUT2D eigenvalue weighted by atomic mass is 28.4. The molecule has 2 heterocycles. The SMILES string of the molecule is C[C@H](CN1CCCC1)C(O[Si](C)(C)C(C)(C)C)c1ccc2c(c1)OCCO2. The van der Waals surface area contributed by atoms with Gasteiger partial charge in [0.2, 0.25) is 0 Å². The number of ether oxygens (including phenoxy) is 2. The van der Waals surface area contributed by atoms with Crippen LogP contribution in [0.5, 0.6) is 11.5 Å². The molecule has 5 heteroatoms. The lowest BCUT2D eigenvalue weighted by Crippen LogP contribution is -2.44. The van der Waals surface area contributed by atoms with Crippen molar-refractivity contribution in [3.05, 3.63) is 23.8 Å². The molecule has 0 aliphatic carbocycles. The summed E-state index contributed by atoms with van der Waals surface area (Å²) in [5.74, 6) is 2.14. The minimum Gasteiger partial charge on any atom is -0.486 e. The first-order chi connectivity index (χ1) is 12.7. The third kappa shape index (κ3) is 4.87. The zero-order valence-electron chi connectivity index (χ0n) is 18.0. The van der Waals surface area contributed by atoms with Gasteiger partial charge in [0.1, 0.15) is 13.2 Å². The molecule has 0 amide bonds. The van der Waals surface area contributed by atoms with Crippen molar-refractivity contribution in [2.24, 2.45) is 5.92 Å². The summed E-state index contributed by atoms with van der Waals surface area (Å²) in [6.07, 6.45) is 2.73. The van der Waals surface area contributed by atoms with Crippen molar-refractivity contribution in [2.75, 3.05) is 32.8 Å². The van der Waals surface area contributed by atoms with Gasteiger partial charge < -0.3 is 18.8 Å². The standard InChI is InChI=1S/C22H37NO3Si/c1-17(16-23-11-7-8-12-23)21(26-27(5,6)22(2,3)4)18-9-10-19-20(15-18)25-14-13-24-19/h9-10,15,17,21H,7-8,11-14,16H2,1-6H3/t17-,21?/m1/s1. The Balaban J connectivity index is 1.86. The average molecular weight is 392 g/mol. The molecule has 0 saturated carbocycles. The van der Waals surface area contributed by atoms with Crippen LogP contribution in [0.2, 0.25) is 18.1 Å². The minimum atomic E-state index is -1.90. The van der Waals surface area contributed by atoms with E-state index < -0.39 is 8.32 Å². The molecular formula is C22H37NO3Si. The Morgan fingerprint density at radius 2 is 1.70 bits per heavy atom. The van der Waals surface area contributed by atoms with Crippen LogP contribution < -0.4 is 9.47 Å². The highest BCUT2D eigenvalue weighted by Gasteiger charge is 2.41. The fraction of sp³-hybridized carbons (Fsp3) is 0.727. The molecule has 1 saturated heterocycles. The lowest BCUT2D eigenvalue weighted by molar-refractivity contribution is 0.102. The fourth-order valence-electron chi connectivity index (χ4n) is 3.71.